The number of benzene rings is 2. The van der Waals surface area contributed by atoms with Gasteiger partial charge in [0.1, 0.15) is 18.9 Å². The van der Waals surface area contributed by atoms with Crippen LogP contribution in [-0.4, -0.2) is 41.9 Å². The van der Waals surface area contributed by atoms with Crippen LogP contribution in [-0.2, 0) is 16.3 Å². The van der Waals surface area contributed by atoms with Crippen molar-refractivity contribution in [3.63, 3.8) is 0 Å². The molecule has 8 heteroatoms. The van der Waals surface area contributed by atoms with Crippen molar-refractivity contribution < 1.29 is 19.4 Å². The number of rotatable bonds is 9. The number of nitrogens with zero attached hydrogens (tertiary/aromatic N) is 2. The van der Waals surface area contributed by atoms with E-state index in [0.29, 0.717) is 28.2 Å². The number of hydrogen-bond donors (Lipinski definition) is 1. The third-order valence-corrected chi connectivity index (χ3v) is 7.33. The Hall–Kier alpha value is -2.79. The van der Waals surface area contributed by atoms with Crippen molar-refractivity contribution in [3.8, 4) is 29.5 Å². The molecule has 1 N–H and O–H groups in total. The Balaban J connectivity index is 0.000000457. The van der Waals surface area contributed by atoms with Crippen molar-refractivity contribution in [3.05, 3.63) is 47.0 Å². The molecule has 1 heterocycles. The van der Waals surface area contributed by atoms with Gasteiger partial charge < -0.3 is 14.6 Å². The maximum absolute atomic E-state index is 11.4. The predicted octanol–water partition coefficient (Wildman–Crippen LogP) is 6.14. The van der Waals surface area contributed by atoms with Crippen molar-refractivity contribution >= 4 is 36.7 Å². The van der Waals surface area contributed by atoms with E-state index in [1.54, 1.807) is 30.5 Å². The lowest BCUT2D eigenvalue weighted by molar-refractivity contribution is -0.148. The molecule has 1 aromatic carbocycles. The van der Waals surface area contributed by atoms with Crippen molar-refractivity contribution in [2.24, 2.45) is 5.41 Å². The van der Waals surface area contributed by atoms with E-state index in [1.165, 1.54) is 11.1 Å². The Bertz CT molecular complexity index is 1220. The molecule has 0 bridgehead atoms. The highest BCUT2D eigenvalue weighted by molar-refractivity contribution is 6.76. The number of terminal acetylenes is 1. The largest absolute Gasteiger partial charge is 0.481 e. The van der Waals surface area contributed by atoms with Gasteiger partial charge in [0.15, 0.2) is 0 Å². The van der Waals surface area contributed by atoms with Crippen LogP contribution in [0.5, 0.6) is 6.01 Å². The van der Waals surface area contributed by atoms with E-state index < -0.39 is 19.5 Å². The molecule has 0 unspecified atom stereocenters. The van der Waals surface area contributed by atoms with Crippen molar-refractivity contribution in [2.45, 2.75) is 46.3 Å². The van der Waals surface area contributed by atoms with Crippen LogP contribution in [0.1, 0.15) is 19.4 Å². The normalized spacial score (nSPS) is 12.0. The maximum atomic E-state index is 11.4. The third kappa shape index (κ3) is 6.63. The predicted molar refractivity (Wildman–Crippen MR) is 139 cm³/mol. The number of fused-ring (bicyclic) bond motifs is 2. The molecule has 0 amide bonds. The molecule has 0 fully saturated rings. The second kappa shape index (κ2) is 10.2. The number of aliphatic carboxylic acids is 1. The fourth-order valence-electron chi connectivity index (χ4n) is 3.03. The zero-order chi connectivity index (χ0) is 25.1. The number of imidazole rings is 1. The van der Waals surface area contributed by atoms with Crippen molar-refractivity contribution in [2.75, 3.05) is 13.2 Å². The first-order valence-corrected chi connectivity index (χ1v) is 15.2. The number of carbonyl (C=O) groups is 1. The van der Waals surface area contributed by atoms with E-state index in [2.05, 4.69) is 54.8 Å². The number of ether oxygens (including phenoxy) is 2. The molecule has 34 heavy (non-hydrogen) atoms. The summed E-state index contributed by atoms with van der Waals surface area (Å²) in [6.45, 7) is 10.8. The highest BCUT2D eigenvalue weighted by atomic mass is 35.5. The van der Waals surface area contributed by atoms with Gasteiger partial charge in [-0.1, -0.05) is 55.4 Å². The summed E-state index contributed by atoms with van der Waals surface area (Å²) in [5.41, 5.74) is 3.60. The minimum Gasteiger partial charge on any atom is -0.481 e. The van der Waals surface area contributed by atoms with Crippen LogP contribution in [0.4, 0.5) is 0 Å². The molecule has 0 aliphatic heterocycles. The molecule has 0 radical (unpaired) electrons. The minimum absolute atomic E-state index is 0.0420. The average Bonchev–Trinajstić information content (AvgIpc) is 3.19. The SMILES string of the molecule is C#Cc1cc(Cl)cc2c1nc(OCC(C)(C)C(=O)O)n2COCC[Si](C)(C)C.c1cc2cc-2c1. The number of carboxylic acids is 1. The van der Waals surface area contributed by atoms with Gasteiger partial charge in [-0.05, 0) is 49.2 Å². The summed E-state index contributed by atoms with van der Waals surface area (Å²) in [4.78, 5) is 15.9. The number of halogens is 1. The average molecular weight is 499 g/mol. The molecule has 6 nitrogen and oxygen atoms in total. The van der Waals surface area contributed by atoms with Crippen LogP contribution in [0.2, 0.25) is 30.7 Å². The molecule has 180 valence electrons. The lowest BCUT2D eigenvalue weighted by Gasteiger charge is -2.20. The van der Waals surface area contributed by atoms with Crippen LogP contribution in [0.15, 0.2) is 36.4 Å². The molecule has 2 aliphatic rings. The first kappa shape index (κ1) is 25.8. The van der Waals surface area contributed by atoms with Crippen LogP contribution >= 0.6 is 11.6 Å². The molecule has 2 aromatic rings. The standard InChI is InChI=1S/C20H27ClN2O4Si.C6H4/c1-7-14-10-15(21)11-16-17(14)22-19(27-12-20(2,3)18(24)25)23(16)13-26-8-9-28(4,5)6;1-2-5-4-6(5)3-1/h1,10-11H,8-9,12-13H2,2-6H3,(H,24,25);1-4H. The Morgan fingerprint density at radius 2 is 1.91 bits per heavy atom. The molecule has 0 saturated carbocycles. The van der Waals surface area contributed by atoms with Gasteiger partial charge in [0, 0.05) is 19.7 Å². The second-order valence-corrected chi connectivity index (χ2v) is 16.3. The molecule has 2 aliphatic carbocycles. The van der Waals surface area contributed by atoms with Gasteiger partial charge in [-0.15, -0.1) is 6.42 Å². The fraction of sp³-hybridized carbons (Fsp3) is 0.385. The lowest BCUT2D eigenvalue weighted by Crippen LogP contribution is -2.31. The summed E-state index contributed by atoms with van der Waals surface area (Å²) in [7, 11) is -1.22. The summed E-state index contributed by atoms with van der Waals surface area (Å²) in [6.07, 6.45) is 5.59. The monoisotopic (exact) mass is 498 g/mol. The number of aromatic nitrogens is 2. The second-order valence-electron chi connectivity index (χ2n) is 10.2. The smallest absolute Gasteiger partial charge is 0.312 e. The van der Waals surface area contributed by atoms with Gasteiger partial charge in [0.25, 0.3) is 6.01 Å². The highest BCUT2D eigenvalue weighted by Gasteiger charge is 2.29. The van der Waals surface area contributed by atoms with Crippen molar-refractivity contribution in [1.82, 2.24) is 9.55 Å². The Morgan fingerprint density at radius 1 is 1.24 bits per heavy atom. The third-order valence-electron chi connectivity index (χ3n) is 5.41. The summed E-state index contributed by atoms with van der Waals surface area (Å²) in [5, 5.41) is 9.81. The van der Waals surface area contributed by atoms with E-state index in [4.69, 9.17) is 27.5 Å². The summed E-state index contributed by atoms with van der Waals surface area (Å²) in [6, 6.07) is 13.2. The number of carboxylic acid groups (broad SMARTS) is 1. The first-order valence-electron chi connectivity index (χ1n) is 11.1. The Labute approximate surface area is 206 Å². The van der Waals surface area contributed by atoms with Crippen LogP contribution < -0.4 is 4.74 Å². The maximum Gasteiger partial charge on any atom is 0.312 e. The summed E-state index contributed by atoms with van der Waals surface area (Å²) in [5.74, 6) is 1.63. The van der Waals surface area contributed by atoms with E-state index in [9.17, 15) is 9.90 Å². The van der Waals surface area contributed by atoms with Gasteiger partial charge in [0.05, 0.1) is 16.5 Å². The molecular weight excluding hydrogens is 468 g/mol. The van der Waals surface area contributed by atoms with E-state index in [1.807, 2.05) is 0 Å². The highest BCUT2D eigenvalue weighted by Crippen LogP contribution is 2.32. The zero-order valence-corrected chi connectivity index (χ0v) is 22.1. The number of hydrogen-bond acceptors (Lipinski definition) is 4. The zero-order valence-electron chi connectivity index (χ0n) is 20.3. The molecule has 0 atom stereocenters. The van der Waals surface area contributed by atoms with Crippen LogP contribution in [0.3, 0.4) is 0 Å². The van der Waals surface area contributed by atoms with Crippen LogP contribution in [0, 0.1) is 17.8 Å². The molecule has 1 aromatic heterocycles. The van der Waals surface area contributed by atoms with Gasteiger partial charge in [-0.2, -0.15) is 4.98 Å². The summed E-state index contributed by atoms with van der Waals surface area (Å²) >= 11 is 6.21. The van der Waals surface area contributed by atoms with Gasteiger partial charge in [0.2, 0.25) is 0 Å². The van der Waals surface area contributed by atoms with Gasteiger partial charge >= 0.3 is 5.97 Å². The molecule has 4 rings (SSSR count). The molecular formula is C26H31ClN2O4Si. The Morgan fingerprint density at radius 3 is 2.41 bits per heavy atom. The molecule has 0 spiro atoms. The molecule has 0 saturated heterocycles. The van der Waals surface area contributed by atoms with Gasteiger partial charge in [-0.3, -0.25) is 9.36 Å². The van der Waals surface area contributed by atoms with Crippen molar-refractivity contribution in [1.29, 1.82) is 0 Å². The fourth-order valence-corrected chi connectivity index (χ4v) is 4.00. The lowest BCUT2D eigenvalue weighted by atomic mass is 9.95. The Kier molecular flexibility index (Phi) is 7.76. The van der Waals surface area contributed by atoms with E-state index in [-0.39, 0.29) is 19.3 Å². The quantitative estimate of drug-likeness (QED) is 0.170. The topological polar surface area (TPSA) is 73.6 Å². The first-order chi connectivity index (χ1) is 15.9. The van der Waals surface area contributed by atoms with E-state index >= 15 is 0 Å². The van der Waals surface area contributed by atoms with Crippen LogP contribution in [0.25, 0.3) is 22.2 Å². The minimum atomic E-state index is -1.22. The van der Waals surface area contributed by atoms with E-state index in [0.717, 1.165) is 6.04 Å². The summed E-state index contributed by atoms with van der Waals surface area (Å²) < 4.78 is 13.4. The van der Waals surface area contributed by atoms with Gasteiger partial charge in [-0.25, -0.2) is 0 Å².